The molecule has 54 heavy (non-hydrogen) atoms. The predicted octanol–water partition coefficient (Wildman–Crippen LogP) is 21.5. The van der Waals surface area contributed by atoms with Crippen LogP contribution in [-0.4, -0.2) is 0 Å². The van der Waals surface area contributed by atoms with Crippen molar-refractivity contribution >= 4 is 0 Å². The largest absolute Gasteiger partial charge is 0.0630 e. The van der Waals surface area contributed by atoms with Crippen LogP contribution in [0, 0.1) is 94.7 Å². The molecule has 0 nitrogen and oxygen atoms in total. The first-order valence-electron chi connectivity index (χ1n) is 23.6. The summed E-state index contributed by atoms with van der Waals surface area (Å²) in [7, 11) is 0. The molecule has 0 unspecified atom stereocenters. The second-order valence-corrected chi connectivity index (χ2v) is 22.8. The molecule has 0 aliphatic carbocycles. The molecule has 346 valence electrons. The zero-order chi connectivity index (χ0) is 47.2. The SMILES string of the molecule is CC(C)C.CC(C)C.CC(C)C.CC(C)C.CC(C)C.CC(C)C.CC(C)C(C)C.CC(C)C(C)C.CC(C)C(C)C.CC(C)C(C)C.CC(C)C(C)C. The van der Waals surface area contributed by atoms with Gasteiger partial charge in [-0.05, 0) is 94.7 Å². The van der Waals surface area contributed by atoms with Crippen LogP contribution in [0.25, 0.3) is 0 Å². The summed E-state index contributed by atoms with van der Waals surface area (Å²) < 4.78 is 0. The molecule has 0 bridgehead atoms. The fraction of sp³-hybridized carbons (Fsp3) is 1.00. The van der Waals surface area contributed by atoms with Crippen LogP contribution >= 0.6 is 0 Å². The predicted molar refractivity (Wildman–Crippen MR) is 271 cm³/mol. The van der Waals surface area contributed by atoms with Crippen LogP contribution in [0.3, 0.4) is 0 Å². The van der Waals surface area contributed by atoms with E-state index in [0.717, 1.165) is 94.7 Å². The Morgan fingerprint density at radius 2 is 0.111 bits per heavy atom. The highest BCUT2D eigenvalue weighted by molar-refractivity contribution is 4.48. The van der Waals surface area contributed by atoms with E-state index in [0.29, 0.717) is 0 Å². The Labute approximate surface area is 356 Å². The average Bonchev–Trinajstić information content (AvgIpc) is 2.88. The van der Waals surface area contributed by atoms with Crippen LogP contribution in [-0.2, 0) is 0 Å². The molecule has 0 N–H and O–H groups in total. The normalized spacial score (nSPS) is 10.1. The number of rotatable bonds is 5. The molecule has 0 aromatic rings. The molecule has 0 heteroatoms. The third kappa shape index (κ3) is 338. The fourth-order valence-corrected chi connectivity index (χ4v) is 0. The van der Waals surface area contributed by atoms with Gasteiger partial charge in [0.15, 0.2) is 0 Å². The summed E-state index contributed by atoms with van der Waals surface area (Å²) in [5.41, 5.74) is 0. The molecule has 0 amide bonds. The van der Waals surface area contributed by atoms with Crippen LogP contribution in [0.4, 0.5) is 0 Å². The molecule has 0 atom stereocenters. The summed E-state index contributed by atoms with van der Waals surface area (Å²) in [6, 6.07) is 0. The van der Waals surface area contributed by atoms with Crippen LogP contribution in [0.1, 0.15) is 263 Å². The monoisotopic (exact) mass is 779 g/mol. The molecular formula is C54H130. The Morgan fingerprint density at radius 1 is 0.0926 bits per heavy atom. The van der Waals surface area contributed by atoms with Gasteiger partial charge in [0.2, 0.25) is 0 Å². The van der Waals surface area contributed by atoms with Gasteiger partial charge < -0.3 is 0 Å². The Bertz CT molecular complexity index is 341. The van der Waals surface area contributed by atoms with Crippen LogP contribution < -0.4 is 0 Å². The van der Waals surface area contributed by atoms with E-state index in [1.54, 1.807) is 0 Å². The summed E-state index contributed by atoms with van der Waals surface area (Å²) in [6.45, 7) is 83.8. The molecule has 0 radical (unpaired) electrons. The highest BCUT2D eigenvalue weighted by Crippen LogP contribution is 2.08. The van der Waals surface area contributed by atoms with E-state index in [2.05, 4.69) is 263 Å². The smallest absolute Gasteiger partial charge is 0.0448 e. The van der Waals surface area contributed by atoms with Crippen molar-refractivity contribution in [1.29, 1.82) is 0 Å². The van der Waals surface area contributed by atoms with Crippen LogP contribution in [0.5, 0.6) is 0 Å². The molecular weight excluding hydrogens is 649 g/mol. The van der Waals surface area contributed by atoms with Gasteiger partial charge in [0.25, 0.3) is 0 Å². The van der Waals surface area contributed by atoms with Gasteiger partial charge in [-0.1, -0.05) is 263 Å². The molecule has 0 saturated heterocycles. The Balaban J connectivity index is -0.0000000421. The molecule has 0 fully saturated rings. The van der Waals surface area contributed by atoms with Gasteiger partial charge in [0.05, 0.1) is 0 Å². The minimum atomic E-state index is 0.833. The maximum absolute atomic E-state index is 2.24. The second kappa shape index (κ2) is 62.2. The van der Waals surface area contributed by atoms with Gasteiger partial charge in [-0.25, -0.2) is 0 Å². The Hall–Kier alpha value is 0. The van der Waals surface area contributed by atoms with E-state index >= 15 is 0 Å². The zero-order valence-electron chi connectivity index (χ0n) is 47.2. The molecule has 0 aromatic heterocycles. The highest BCUT2D eigenvalue weighted by Gasteiger charge is 1.98. The van der Waals surface area contributed by atoms with E-state index in [1.807, 2.05) is 0 Å². The maximum Gasteiger partial charge on any atom is -0.0448 e. The second-order valence-electron chi connectivity index (χ2n) is 22.8. The van der Waals surface area contributed by atoms with Crippen molar-refractivity contribution in [3.63, 3.8) is 0 Å². The third-order valence-corrected chi connectivity index (χ3v) is 6.67. The summed E-state index contributed by atoms with van der Waals surface area (Å²) in [5, 5.41) is 0. The first-order chi connectivity index (χ1) is 23.6. The van der Waals surface area contributed by atoms with Gasteiger partial charge >= 0.3 is 0 Å². The lowest BCUT2D eigenvalue weighted by molar-refractivity contribution is 0.457. The van der Waals surface area contributed by atoms with Crippen molar-refractivity contribution in [3.05, 3.63) is 0 Å². The fourth-order valence-electron chi connectivity index (χ4n) is 0. The molecule has 0 aliphatic rings. The lowest BCUT2D eigenvalue weighted by Crippen LogP contribution is -1.95. The first kappa shape index (κ1) is 82.0. The van der Waals surface area contributed by atoms with Gasteiger partial charge in [0.1, 0.15) is 0 Å². The van der Waals surface area contributed by atoms with Crippen molar-refractivity contribution in [1.82, 2.24) is 0 Å². The van der Waals surface area contributed by atoms with Crippen LogP contribution in [0.2, 0.25) is 0 Å². The van der Waals surface area contributed by atoms with Gasteiger partial charge in [-0.2, -0.15) is 0 Å². The standard InChI is InChI=1S/5C6H14.6C4H10/c5*1-5(2)6(3)4;6*1-4(2)3/h5*5-6H,1-4H3;6*4H,1-3H3. The topological polar surface area (TPSA) is 0 Å². The van der Waals surface area contributed by atoms with E-state index in [4.69, 9.17) is 0 Å². The van der Waals surface area contributed by atoms with Gasteiger partial charge in [-0.3, -0.25) is 0 Å². The van der Waals surface area contributed by atoms with Crippen molar-refractivity contribution < 1.29 is 0 Å². The quantitative estimate of drug-likeness (QED) is 0.261. The number of hydrogen-bond acceptors (Lipinski definition) is 0. The van der Waals surface area contributed by atoms with Crippen molar-refractivity contribution in [2.75, 3.05) is 0 Å². The molecule has 0 aromatic carbocycles. The van der Waals surface area contributed by atoms with E-state index < -0.39 is 0 Å². The highest BCUT2D eigenvalue weighted by atomic mass is 14.0. The Morgan fingerprint density at radius 3 is 0.111 bits per heavy atom. The van der Waals surface area contributed by atoms with Crippen molar-refractivity contribution in [2.45, 2.75) is 263 Å². The molecule has 0 saturated carbocycles. The summed E-state index contributed by atoms with van der Waals surface area (Å²) in [5.74, 6) is 13.5. The van der Waals surface area contributed by atoms with E-state index in [1.165, 1.54) is 0 Å². The molecule has 0 heterocycles. The zero-order valence-corrected chi connectivity index (χ0v) is 47.2. The Kier molecular flexibility index (Phi) is 94.5. The van der Waals surface area contributed by atoms with E-state index in [-0.39, 0.29) is 0 Å². The molecule has 0 spiro atoms. The van der Waals surface area contributed by atoms with Gasteiger partial charge in [-0.15, -0.1) is 0 Å². The minimum absolute atomic E-state index is 0.833. The lowest BCUT2D eigenvalue weighted by atomic mass is 10.0. The third-order valence-electron chi connectivity index (χ3n) is 6.67. The lowest BCUT2D eigenvalue weighted by Gasteiger charge is -2.05. The number of hydrogen-bond donors (Lipinski definition) is 0. The molecule has 0 aliphatic heterocycles. The van der Waals surface area contributed by atoms with E-state index in [9.17, 15) is 0 Å². The average molecular weight is 780 g/mol. The maximum atomic E-state index is 2.24. The summed E-state index contributed by atoms with van der Waals surface area (Å²) in [6.07, 6.45) is 0. The summed E-state index contributed by atoms with van der Waals surface area (Å²) >= 11 is 0. The molecule has 0 rings (SSSR count). The summed E-state index contributed by atoms with van der Waals surface area (Å²) in [4.78, 5) is 0. The minimum Gasteiger partial charge on any atom is -0.0630 e. The van der Waals surface area contributed by atoms with Gasteiger partial charge in [0, 0.05) is 0 Å². The first-order valence-corrected chi connectivity index (χ1v) is 23.6. The van der Waals surface area contributed by atoms with Crippen molar-refractivity contribution in [2.24, 2.45) is 94.7 Å². The van der Waals surface area contributed by atoms with Crippen molar-refractivity contribution in [3.8, 4) is 0 Å². The van der Waals surface area contributed by atoms with Crippen LogP contribution in [0.15, 0.2) is 0 Å².